The second kappa shape index (κ2) is 13.4. The minimum absolute atomic E-state index is 0.0389. The number of aromatic nitrogens is 1. The van der Waals surface area contributed by atoms with Crippen molar-refractivity contribution in [2.75, 3.05) is 52.6 Å². The number of ether oxygens (including phenoxy) is 2. The maximum absolute atomic E-state index is 14.4. The first-order valence-electron chi connectivity index (χ1n) is 17.0. The summed E-state index contributed by atoms with van der Waals surface area (Å²) in [4.78, 5) is 47.3. The summed E-state index contributed by atoms with van der Waals surface area (Å²) < 4.78 is 13.3. The highest BCUT2D eigenvalue weighted by molar-refractivity contribution is 6.23. The van der Waals surface area contributed by atoms with Crippen molar-refractivity contribution < 1.29 is 23.9 Å². The molecule has 0 unspecified atom stereocenters. The lowest BCUT2D eigenvalue weighted by Crippen LogP contribution is -2.54. The van der Waals surface area contributed by atoms with Gasteiger partial charge in [0, 0.05) is 71.3 Å². The normalized spacial score (nSPS) is 17.0. The molecule has 0 saturated carbocycles. The van der Waals surface area contributed by atoms with Gasteiger partial charge in [-0.15, -0.1) is 0 Å². The smallest absolute Gasteiger partial charge is 0.195 e. The van der Waals surface area contributed by atoms with Crippen LogP contribution >= 0.6 is 0 Å². The molecule has 6 rings (SSSR count). The van der Waals surface area contributed by atoms with E-state index in [9.17, 15) is 14.4 Å². The molecule has 2 aliphatic heterocycles. The van der Waals surface area contributed by atoms with Gasteiger partial charge in [0.25, 0.3) is 0 Å². The number of benzene rings is 3. The molecule has 1 aromatic heterocycles. The zero-order chi connectivity index (χ0) is 33.3. The maximum Gasteiger partial charge on any atom is 0.195 e. The summed E-state index contributed by atoms with van der Waals surface area (Å²) in [5.74, 6) is -0.129. The molecule has 2 aliphatic rings. The van der Waals surface area contributed by atoms with Crippen molar-refractivity contribution in [1.82, 2.24) is 14.4 Å². The molecular formula is C39H47N3O5. The highest BCUT2D eigenvalue weighted by Crippen LogP contribution is 2.37. The topological polar surface area (TPSA) is 81.1 Å². The highest BCUT2D eigenvalue weighted by Gasteiger charge is 2.38. The van der Waals surface area contributed by atoms with Gasteiger partial charge in [0.15, 0.2) is 17.3 Å². The number of hydrogen-bond donors (Lipinski definition) is 0. The van der Waals surface area contributed by atoms with Gasteiger partial charge in [0.2, 0.25) is 0 Å². The Morgan fingerprint density at radius 1 is 0.681 bits per heavy atom. The van der Waals surface area contributed by atoms with Gasteiger partial charge < -0.3 is 14.0 Å². The van der Waals surface area contributed by atoms with Crippen molar-refractivity contribution in [3.8, 4) is 0 Å². The molecule has 2 saturated heterocycles. The van der Waals surface area contributed by atoms with Crippen molar-refractivity contribution in [2.24, 2.45) is 0 Å². The molecule has 4 aromatic rings. The van der Waals surface area contributed by atoms with Gasteiger partial charge in [-0.05, 0) is 64.4 Å². The molecule has 3 heterocycles. The molecule has 0 bridgehead atoms. The number of nitrogens with zero attached hydrogens (tertiary/aromatic N) is 3. The molecular weight excluding hydrogens is 590 g/mol. The van der Waals surface area contributed by atoms with Crippen LogP contribution in [0, 0.1) is 0 Å². The number of ketones is 3. The number of Topliss-reactive ketones (excluding diaryl/α,β-unsaturated/α-hetero) is 2. The minimum Gasteiger partial charge on any atom is -0.379 e. The van der Waals surface area contributed by atoms with Crippen molar-refractivity contribution in [3.05, 3.63) is 82.9 Å². The van der Waals surface area contributed by atoms with Crippen LogP contribution in [-0.4, -0.2) is 95.4 Å². The van der Waals surface area contributed by atoms with Crippen molar-refractivity contribution in [3.63, 3.8) is 0 Å². The largest absolute Gasteiger partial charge is 0.379 e. The average molecular weight is 638 g/mol. The summed E-state index contributed by atoms with van der Waals surface area (Å²) in [6, 6.07) is 18.9. The van der Waals surface area contributed by atoms with Crippen LogP contribution in [0.25, 0.3) is 21.8 Å². The second-order valence-corrected chi connectivity index (χ2v) is 13.8. The molecule has 0 amide bonds. The van der Waals surface area contributed by atoms with Crippen LogP contribution in [-0.2, 0) is 16.0 Å². The van der Waals surface area contributed by atoms with Crippen LogP contribution in [0.5, 0.6) is 0 Å². The fourth-order valence-corrected chi connectivity index (χ4v) is 7.22. The molecule has 8 heteroatoms. The number of rotatable bonds is 11. The van der Waals surface area contributed by atoms with E-state index in [1.807, 2.05) is 82.3 Å². The van der Waals surface area contributed by atoms with E-state index >= 15 is 0 Å². The van der Waals surface area contributed by atoms with Crippen LogP contribution in [0.3, 0.4) is 0 Å². The van der Waals surface area contributed by atoms with Crippen LogP contribution in [0.2, 0.25) is 0 Å². The standard InChI is InChI=1S/C39H47N3O5/c1-6-7-15-42-33-14-13-28(36(44)38(2,3)40-16-20-46-21-17-40)24-30(33)31-25-29(37(45)39(4,5)41-18-22-47-23-19-41)26-32(34(31)42)35(43)27-11-9-8-10-12-27/h8-14,24-26H,6-7,15-23H2,1-5H3. The first-order chi connectivity index (χ1) is 22.6. The van der Waals surface area contributed by atoms with Gasteiger partial charge in [-0.3, -0.25) is 24.2 Å². The molecule has 8 nitrogen and oxygen atoms in total. The Morgan fingerprint density at radius 3 is 1.81 bits per heavy atom. The summed E-state index contributed by atoms with van der Waals surface area (Å²) in [6.45, 7) is 15.8. The summed E-state index contributed by atoms with van der Waals surface area (Å²) in [6.07, 6.45) is 1.91. The Balaban J connectivity index is 1.57. The van der Waals surface area contributed by atoms with Crippen molar-refractivity contribution in [1.29, 1.82) is 0 Å². The van der Waals surface area contributed by atoms with Gasteiger partial charge in [-0.1, -0.05) is 43.7 Å². The van der Waals surface area contributed by atoms with E-state index in [1.165, 1.54) is 0 Å². The molecule has 47 heavy (non-hydrogen) atoms. The predicted molar refractivity (Wildman–Crippen MR) is 186 cm³/mol. The molecule has 0 atom stereocenters. The SMILES string of the molecule is CCCCn1c2ccc(C(=O)C(C)(C)N3CCOCC3)cc2c2cc(C(=O)C(C)(C)N3CCOCC3)cc(C(=O)c3ccccc3)c21. The summed E-state index contributed by atoms with van der Waals surface area (Å²) >= 11 is 0. The summed E-state index contributed by atoms with van der Waals surface area (Å²) in [5.41, 5.74) is 2.43. The lowest BCUT2D eigenvalue weighted by molar-refractivity contribution is -0.00442. The van der Waals surface area contributed by atoms with Gasteiger partial charge in [-0.2, -0.15) is 0 Å². The molecule has 0 aliphatic carbocycles. The fourth-order valence-electron chi connectivity index (χ4n) is 7.22. The Hall–Kier alpha value is -3.69. The molecule has 0 radical (unpaired) electrons. The van der Waals surface area contributed by atoms with Gasteiger partial charge in [-0.25, -0.2) is 0 Å². The van der Waals surface area contributed by atoms with E-state index in [0.717, 1.165) is 34.6 Å². The quantitative estimate of drug-likeness (QED) is 0.176. The zero-order valence-corrected chi connectivity index (χ0v) is 28.4. The van der Waals surface area contributed by atoms with Gasteiger partial charge in [0.1, 0.15) is 0 Å². The van der Waals surface area contributed by atoms with Crippen LogP contribution in [0.1, 0.15) is 84.1 Å². The van der Waals surface area contributed by atoms with Gasteiger partial charge >= 0.3 is 0 Å². The van der Waals surface area contributed by atoms with Crippen LogP contribution in [0.15, 0.2) is 60.7 Å². The Bertz CT molecular complexity index is 1790. The molecule has 0 N–H and O–H groups in total. The molecule has 3 aromatic carbocycles. The van der Waals surface area contributed by atoms with Gasteiger partial charge in [0.05, 0.1) is 43.0 Å². The van der Waals surface area contributed by atoms with Crippen molar-refractivity contribution >= 4 is 39.2 Å². The number of unbranched alkanes of at least 4 members (excludes halogenated alkanes) is 1. The molecule has 0 spiro atoms. The van der Waals surface area contributed by atoms with Crippen LogP contribution < -0.4 is 0 Å². The number of carbonyl (C=O) groups is 3. The number of carbonyl (C=O) groups excluding carboxylic acids is 3. The number of morpholine rings is 2. The number of hydrogen-bond acceptors (Lipinski definition) is 7. The fraction of sp³-hybridized carbons (Fsp3) is 0.462. The lowest BCUT2D eigenvalue weighted by atomic mass is 9.87. The van der Waals surface area contributed by atoms with E-state index in [2.05, 4.69) is 21.3 Å². The summed E-state index contributed by atoms with van der Waals surface area (Å²) in [7, 11) is 0. The second-order valence-electron chi connectivity index (χ2n) is 13.8. The first kappa shape index (κ1) is 33.2. The Labute approximate surface area is 277 Å². The number of aryl methyl sites for hydroxylation is 1. The third-order valence-corrected chi connectivity index (χ3v) is 10.2. The molecule has 248 valence electrons. The third kappa shape index (κ3) is 6.20. The number of fused-ring (bicyclic) bond motifs is 3. The first-order valence-corrected chi connectivity index (χ1v) is 17.0. The van der Waals surface area contributed by atoms with Crippen LogP contribution in [0.4, 0.5) is 0 Å². The Morgan fingerprint density at radius 2 is 1.23 bits per heavy atom. The predicted octanol–water partition coefficient (Wildman–Crippen LogP) is 6.41. The molecule has 2 fully saturated rings. The lowest BCUT2D eigenvalue weighted by Gasteiger charge is -2.39. The van der Waals surface area contributed by atoms with Crippen molar-refractivity contribution in [2.45, 2.75) is 65.1 Å². The highest BCUT2D eigenvalue weighted by atomic mass is 16.5. The maximum atomic E-state index is 14.4. The average Bonchev–Trinajstić information content (AvgIpc) is 3.42. The monoisotopic (exact) mass is 637 g/mol. The van der Waals surface area contributed by atoms with E-state index in [4.69, 9.17) is 9.47 Å². The van der Waals surface area contributed by atoms with E-state index < -0.39 is 11.1 Å². The van der Waals surface area contributed by atoms with E-state index in [1.54, 1.807) is 6.07 Å². The third-order valence-electron chi connectivity index (χ3n) is 10.2. The van der Waals surface area contributed by atoms with E-state index in [-0.39, 0.29) is 17.3 Å². The summed E-state index contributed by atoms with van der Waals surface area (Å²) in [5, 5.41) is 1.69. The zero-order valence-electron chi connectivity index (χ0n) is 28.4. The Kier molecular flexibility index (Phi) is 9.50. The van der Waals surface area contributed by atoms with E-state index in [0.29, 0.717) is 81.4 Å². The minimum atomic E-state index is -0.797.